The van der Waals surface area contributed by atoms with Crippen molar-refractivity contribution in [1.29, 1.82) is 0 Å². The lowest BCUT2D eigenvalue weighted by Gasteiger charge is -2.01. The zero-order valence-electron chi connectivity index (χ0n) is 8.00. The number of thiophene rings is 1. The van der Waals surface area contributed by atoms with Crippen LogP contribution in [-0.2, 0) is 0 Å². The Hall–Kier alpha value is -1.42. The van der Waals surface area contributed by atoms with E-state index in [1.807, 2.05) is 24.4 Å². The quantitative estimate of drug-likeness (QED) is 0.776. The van der Waals surface area contributed by atoms with Gasteiger partial charge in [-0.15, -0.1) is 11.3 Å². The number of aryl methyl sites for hydroxylation is 1. The molecule has 72 valence electrons. The summed E-state index contributed by atoms with van der Waals surface area (Å²) in [6.07, 6.45) is 0. The van der Waals surface area contributed by atoms with Crippen molar-refractivity contribution < 1.29 is 0 Å². The van der Waals surface area contributed by atoms with Crippen LogP contribution in [-0.4, -0.2) is 9.97 Å². The van der Waals surface area contributed by atoms with E-state index >= 15 is 0 Å². The van der Waals surface area contributed by atoms with Crippen LogP contribution < -0.4 is 5.56 Å². The summed E-state index contributed by atoms with van der Waals surface area (Å²) in [6, 6.07) is 3.88. The maximum atomic E-state index is 11.5. The first kappa shape index (κ1) is 9.15. The van der Waals surface area contributed by atoms with Gasteiger partial charge in [-0.05, 0) is 25.3 Å². The van der Waals surface area contributed by atoms with E-state index in [2.05, 4.69) is 9.97 Å². The van der Waals surface area contributed by atoms with Gasteiger partial charge >= 0.3 is 0 Å². The van der Waals surface area contributed by atoms with Crippen LogP contribution in [0.25, 0.3) is 10.7 Å². The lowest BCUT2D eigenvalue weighted by atomic mass is 10.2. The largest absolute Gasteiger partial charge is 0.306 e. The van der Waals surface area contributed by atoms with Crippen LogP contribution in [0.2, 0.25) is 0 Å². The Labute approximate surface area is 85.5 Å². The maximum absolute atomic E-state index is 11.5. The van der Waals surface area contributed by atoms with Gasteiger partial charge in [0.15, 0.2) is 0 Å². The third kappa shape index (κ3) is 1.48. The predicted molar refractivity (Wildman–Crippen MR) is 57.6 cm³/mol. The minimum absolute atomic E-state index is 0.0547. The van der Waals surface area contributed by atoms with Crippen molar-refractivity contribution >= 4 is 11.3 Å². The van der Waals surface area contributed by atoms with Crippen LogP contribution >= 0.6 is 11.3 Å². The minimum atomic E-state index is -0.0547. The Morgan fingerprint density at radius 1 is 1.43 bits per heavy atom. The second-order valence-corrected chi connectivity index (χ2v) is 4.05. The van der Waals surface area contributed by atoms with Gasteiger partial charge < -0.3 is 4.98 Å². The Morgan fingerprint density at radius 3 is 2.79 bits per heavy atom. The van der Waals surface area contributed by atoms with Crippen molar-refractivity contribution in [3.63, 3.8) is 0 Å². The summed E-state index contributed by atoms with van der Waals surface area (Å²) in [5.74, 6) is 0.660. The molecule has 0 spiro atoms. The molecule has 0 aliphatic carbocycles. The molecule has 0 unspecified atom stereocenters. The highest BCUT2D eigenvalue weighted by Gasteiger charge is 2.05. The number of nitrogens with one attached hydrogen (secondary N) is 1. The predicted octanol–water partition coefficient (Wildman–Crippen LogP) is 2.12. The fourth-order valence-electron chi connectivity index (χ4n) is 1.18. The molecule has 4 heteroatoms. The smallest absolute Gasteiger partial charge is 0.254 e. The van der Waals surface area contributed by atoms with Crippen molar-refractivity contribution in [2.75, 3.05) is 0 Å². The number of hydrogen-bond donors (Lipinski definition) is 1. The summed E-state index contributed by atoms with van der Waals surface area (Å²) in [5, 5.41) is 1.96. The second kappa shape index (κ2) is 3.38. The molecule has 0 saturated carbocycles. The first-order chi connectivity index (χ1) is 6.68. The van der Waals surface area contributed by atoms with E-state index in [1.54, 1.807) is 18.3 Å². The van der Waals surface area contributed by atoms with Crippen molar-refractivity contribution in [3.8, 4) is 10.7 Å². The molecule has 14 heavy (non-hydrogen) atoms. The molecular weight excluding hydrogens is 196 g/mol. The van der Waals surface area contributed by atoms with Crippen LogP contribution in [0.3, 0.4) is 0 Å². The highest BCUT2D eigenvalue weighted by molar-refractivity contribution is 7.13. The van der Waals surface area contributed by atoms with Gasteiger partial charge in [0.05, 0.1) is 4.88 Å². The van der Waals surface area contributed by atoms with E-state index < -0.39 is 0 Å². The van der Waals surface area contributed by atoms with Gasteiger partial charge in [0.25, 0.3) is 5.56 Å². The average molecular weight is 206 g/mol. The van der Waals surface area contributed by atoms with Crippen molar-refractivity contribution in [2.24, 2.45) is 0 Å². The van der Waals surface area contributed by atoms with E-state index in [4.69, 9.17) is 0 Å². The van der Waals surface area contributed by atoms with Crippen molar-refractivity contribution in [2.45, 2.75) is 13.8 Å². The SMILES string of the molecule is Cc1nc(-c2cccs2)[nH]c(=O)c1C. The molecule has 3 nitrogen and oxygen atoms in total. The number of H-pyrrole nitrogens is 1. The van der Waals surface area contributed by atoms with E-state index in [1.165, 1.54) is 0 Å². The zero-order valence-corrected chi connectivity index (χ0v) is 8.81. The molecule has 0 aliphatic heterocycles. The lowest BCUT2D eigenvalue weighted by Crippen LogP contribution is -2.13. The van der Waals surface area contributed by atoms with E-state index in [-0.39, 0.29) is 5.56 Å². The van der Waals surface area contributed by atoms with Gasteiger partial charge in [0.1, 0.15) is 5.82 Å². The summed E-state index contributed by atoms with van der Waals surface area (Å²) in [6.45, 7) is 3.63. The fourth-order valence-corrected chi connectivity index (χ4v) is 1.84. The Bertz CT molecular complexity index is 499. The number of aromatic amines is 1. The first-order valence-electron chi connectivity index (χ1n) is 4.30. The number of aromatic nitrogens is 2. The van der Waals surface area contributed by atoms with Gasteiger partial charge in [-0.25, -0.2) is 4.98 Å². The highest BCUT2D eigenvalue weighted by Crippen LogP contribution is 2.19. The normalized spacial score (nSPS) is 10.4. The highest BCUT2D eigenvalue weighted by atomic mass is 32.1. The number of nitrogens with zero attached hydrogens (tertiary/aromatic N) is 1. The maximum Gasteiger partial charge on any atom is 0.254 e. The molecule has 2 rings (SSSR count). The third-order valence-corrected chi connectivity index (χ3v) is 3.03. The summed E-state index contributed by atoms with van der Waals surface area (Å²) in [7, 11) is 0. The van der Waals surface area contributed by atoms with Gasteiger partial charge in [-0.2, -0.15) is 0 Å². The molecule has 0 amide bonds. The molecule has 0 atom stereocenters. The van der Waals surface area contributed by atoms with E-state index in [9.17, 15) is 4.79 Å². The standard InChI is InChI=1S/C10H10N2OS/c1-6-7(2)11-9(12-10(6)13)8-4-3-5-14-8/h3-5H,1-2H3,(H,11,12,13). The third-order valence-electron chi connectivity index (χ3n) is 2.15. The molecule has 2 aromatic heterocycles. The monoisotopic (exact) mass is 206 g/mol. The van der Waals surface area contributed by atoms with Crippen LogP contribution in [0.5, 0.6) is 0 Å². The van der Waals surface area contributed by atoms with Crippen LogP contribution in [0.15, 0.2) is 22.3 Å². The van der Waals surface area contributed by atoms with Crippen molar-refractivity contribution in [3.05, 3.63) is 39.1 Å². The van der Waals surface area contributed by atoms with Crippen molar-refractivity contribution in [1.82, 2.24) is 9.97 Å². The van der Waals surface area contributed by atoms with Gasteiger partial charge in [-0.3, -0.25) is 4.79 Å². The van der Waals surface area contributed by atoms with Crippen LogP contribution in [0.1, 0.15) is 11.3 Å². The van der Waals surface area contributed by atoms with Gasteiger partial charge in [0, 0.05) is 11.3 Å². The second-order valence-electron chi connectivity index (χ2n) is 3.10. The van der Waals surface area contributed by atoms with Crippen LogP contribution in [0, 0.1) is 13.8 Å². The molecule has 2 aromatic rings. The molecule has 0 saturated heterocycles. The van der Waals surface area contributed by atoms with E-state index in [0.717, 1.165) is 10.6 Å². The molecular formula is C10H10N2OS. The Morgan fingerprint density at radius 2 is 2.21 bits per heavy atom. The Balaban J connectivity index is 2.63. The first-order valence-corrected chi connectivity index (χ1v) is 5.18. The van der Waals surface area contributed by atoms with E-state index in [0.29, 0.717) is 11.4 Å². The summed E-state index contributed by atoms with van der Waals surface area (Å²) in [5.41, 5.74) is 1.42. The molecule has 1 N–H and O–H groups in total. The summed E-state index contributed by atoms with van der Waals surface area (Å²) < 4.78 is 0. The lowest BCUT2D eigenvalue weighted by molar-refractivity contribution is 1.04. The van der Waals surface area contributed by atoms with Crippen LogP contribution in [0.4, 0.5) is 0 Å². The zero-order chi connectivity index (χ0) is 10.1. The fraction of sp³-hybridized carbons (Fsp3) is 0.200. The summed E-state index contributed by atoms with van der Waals surface area (Å²) >= 11 is 1.57. The molecule has 0 radical (unpaired) electrons. The molecule has 0 bridgehead atoms. The molecule has 0 fully saturated rings. The summed E-state index contributed by atoms with van der Waals surface area (Å²) in [4.78, 5) is 19.5. The molecule has 0 aliphatic rings. The number of hydrogen-bond acceptors (Lipinski definition) is 3. The minimum Gasteiger partial charge on any atom is -0.306 e. The van der Waals surface area contributed by atoms with Gasteiger partial charge in [-0.1, -0.05) is 6.07 Å². The molecule has 0 aromatic carbocycles. The average Bonchev–Trinajstić information content (AvgIpc) is 2.66. The Kier molecular flexibility index (Phi) is 2.21. The molecule has 2 heterocycles. The van der Waals surface area contributed by atoms with Gasteiger partial charge in [0.2, 0.25) is 0 Å². The topological polar surface area (TPSA) is 45.8 Å². The number of rotatable bonds is 1.